The van der Waals surface area contributed by atoms with Crippen molar-refractivity contribution in [1.29, 1.82) is 0 Å². The molecule has 188 valence electrons. The van der Waals surface area contributed by atoms with Crippen LogP contribution in [0.2, 0.25) is 0 Å². The zero-order chi connectivity index (χ0) is 25.7. The molecule has 0 unspecified atom stereocenters. The monoisotopic (exact) mass is 512 g/mol. The summed E-state index contributed by atoms with van der Waals surface area (Å²) < 4.78 is 47.6. The average molecular weight is 513 g/mol. The van der Waals surface area contributed by atoms with Crippen molar-refractivity contribution in [2.45, 2.75) is 36.4 Å². The van der Waals surface area contributed by atoms with E-state index in [0.717, 1.165) is 5.56 Å². The lowest BCUT2D eigenvalue weighted by molar-refractivity contribution is -0.246. The molecule has 1 aliphatic heterocycles. The summed E-state index contributed by atoms with van der Waals surface area (Å²) in [5.41, 5.74) is 1.19. The van der Waals surface area contributed by atoms with Crippen molar-refractivity contribution < 1.29 is 41.5 Å². The second-order valence-electron chi connectivity index (χ2n) is 8.10. The Balaban J connectivity index is 1.63. The van der Waals surface area contributed by atoms with E-state index >= 15 is 0 Å². The van der Waals surface area contributed by atoms with Crippen LogP contribution < -0.4 is 0 Å². The molecule has 0 spiro atoms. The molecule has 4 atom stereocenters. The molecule has 1 saturated heterocycles. The van der Waals surface area contributed by atoms with Crippen LogP contribution in [-0.2, 0) is 28.5 Å². The normalized spacial score (nSPS) is 21.9. The van der Waals surface area contributed by atoms with Gasteiger partial charge < -0.3 is 19.3 Å². The molecule has 1 fully saturated rings. The van der Waals surface area contributed by atoms with Crippen molar-refractivity contribution in [3.05, 3.63) is 102 Å². The van der Waals surface area contributed by atoms with Crippen LogP contribution in [0.15, 0.2) is 89.8 Å². The number of aliphatic hydroxyl groups is 1. The first-order valence-corrected chi connectivity index (χ1v) is 12.5. The Morgan fingerprint density at radius 1 is 0.806 bits per heavy atom. The lowest BCUT2D eigenvalue weighted by Crippen LogP contribution is -2.57. The van der Waals surface area contributed by atoms with Crippen LogP contribution >= 0.6 is 0 Å². The van der Waals surface area contributed by atoms with Gasteiger partial charge in [-0.05, 0) is 43.3 Å². The van der Waals surface area contributed by atoms with Gasteiger partial charge >= 0.3 is 11.9 Å². The maximum Gasteiger partial charge on any atom is 0.338 e. The van der Waals surface area contributed by atoms with Crippen LogP contribution in [0, 0.1) is 6.92 Å². The van der Waals surface area contributed by atoms with Crippen molar-refractivity contribution in [2.75, 3.05) is 6.61 Å². The van der Waals surface area contributed by atoms with Gasteiger partial charge in [0, 0.05) is 0 Å². The van der Waals surface area contributed by atoms with Gasteiger partial charge in [-0.3, -0.25) is 4.18 Å². The minimum Gasteiger partial charge on any atom is -0.452 e. The summed E-state index contributed by atoms with van der Waals surface area (Å²) in [6.07, 6.45) is -6.19. The largest absolute Gasteiger partial charge is 0.452 e. The maximum atomic E-state index is 13.0. The topological polar surface area (TPSA) is 125 Å². The van der Waals surface area contributed by atoms with Crippen molar-refractivity contribution in [1.82, 2.24) is 0 Å². The van der Waals surface area contributed by atoms with Crippen LogP contribution in [0.5, 0.6) is 0 Å². The number of benzene rings is 3. The van der Waals surface area contributed by atoms with Crippen molar-refractivity contribution in [2.24, 2.45) is 0 Å². The summed E-state index contributed by atoms with van der Waals surface area (Å²) >= 11 is 0. The number of hydrogen-bond acceptors (Lipinski definition) is 9. The zero-order valence-electron chi connectivity index (χ0n) is 19.2. The second kappa shape index (κ2) is 11.0. The third-order valence-electron chi connectivity index (χ3n) is 5.47. The van der Waals surface area contributed by atoms with Crippen LogP contribution in [0.4, 0.5) is 0 Å². The first-order chi connectivity index (χ1) is 17.2. The molecule has 3 aromatic carbocycles. The Morgan fingerprint density at radius 3 is 1.83 bits per heavy atom. The van der Waals surface area contributed by atoms with Gasteiger partial charge in [0.2, 0.25) is 0 Å². The van der Waals surface area contributed by atoms with E-state index in [4.69, 9.17) is 18.4 Å². The van der Waals surface area contributed by atoms with E-state index in [1.807, 2.05) is 0 Å². The highest BCUT2D eigenvalue weighted by molar-refractivity contribution is 7.86. The first-order valence-electron chi connectivity index (χ1n) is 11.1. The molecule has 3 aromatic rings. The molecule has 0 aliphatic carbocycles. The average Bonchev–Trinajstić information content (AvgIpc) is 2.88. The van der Waals surface area contributed by atoms with E-state index in [1.165, 1.54) is 36.4 Å². The molecule has 36 heavy (non-hydrogen) atoms. The predicted octanol–water partition coefficient (Wildman–Crippen LogP) is 2.87. The Kier molecular flexibility index (Phi) is 7.80. The minimum absolute atomic E-state index is 0.120. The smallest absolute Gasteiger partial charge is 0.338 e. The highest BCUT2D eigenvalue weighted by atomic mass is 32.2. The molecule has 0 amide bonds. The van der Waals surface area contributed by atoms with Crippen LogP contribution in [0.1, 0.15) is 26.3 Å². The highest BCUT2D eigenvalue weighted by Gasteiger charge is 2.48. The van der Waals surface area contributed by atoms with Gasteiger partial charge in [-0.1, -0.05) is 54.1 Å². The fraction of sp³-hybridized carbons (Fsp3) is 0.231. The molecule has 0 radical (unpaired) electrons. The van der Waals surface area contributed by atoms with Crippen molar-refractivity contribution >= 4 is 22.1 Å². The summed E-state index contributed by atoms with van der Waals surface area (Å²) in [5, 5.41) is 10.5. The van der Waals surface area contributed by atoms with Gasteiger partial charge in [-0.2, -0.15) is 8.42 Å². The molecule has 9 nitrogen and oxygen atoms in total. The van der Waals surface area contributed by atoms with E-state index in [-0.39, 0.29) is 16.0 Å². The Bertz CT molecular complexity index is 1290. The highest BCUT2D eigenvalue weighted by Crippen LogP contribution is 2.27. The van der Waals surface area contributed by atoms with Gasteiger partial charge in [0.25, 0.3) is 10.1 Å². The van der Waals surface area contributed by atoms with Crippen LogP contribution in [0.3, 0.4) is 0 Å². The Labute approximate surface area is 208 Å². The lowest BCUT2D eigenvalue weighted by atomic mass is 10.0. The van der Waals surface area contributed by atoms with Crippen molar-refractivity contribution in [3.63, 3.8) is 0 Å². The molecule has 10 heteroatoms. The molecule has 0 saturated carbocycles. The fourth-order valence-electron chi connectivity index (χ4n) is 3.56. The predicted molar refractivity (Wildman–Crippen MR) is 126 cm³/mol. The molecule has 0 bridgehead atoms. The van der Waals surface area contributed by atoms with E-state index in [1.54, 1.807) is 55.5 Å². The number of ether oxygens (including phenoxy) is 3. The minimum atomic E-state index is -4.32. The van der Waals surface area contributed by atoms with Gasteiger partial charge in [-0.15, -0.1) is 0 Å². The number of esters is 2. The number of carbonyl (C=O) groups is 2. The lowest BCUT2D eigenvalue weighted by Gasteiger charge is -2.38. The summed E-state index contributed by atoms with van der Waals surface area (Å²) in [4.78, 5) is 25.4. The van der Waals surface area contributed by atoms with Gasteiger partial charge in [-0.25, -0.2) is 9.59 Å². The number of aryl methyl sites for hydroxylation is 1. The number of aliphatic hydroxyl groups excluding tert-OH is 1. The molecule has 0 aromatic heterocycles. The van der Waals surface area contributed by atoms with E-state index in [9.17, 15) is 23.1 Å². The summed E-state index contributed by atoms with van der Waals surface area (Å²) in [6.45, 7) is 1.36. The van der Waals surface area contributed by atoms with E-state index in [2.05, 4.69) is 0 Å². The molecule has 4 rings (SSSR count). The summed E-state index contributed by atoms with van der Waals surface area (Å²) in [5.74, 6) is -1.65. The standard InChI is InChI=1S/C26H24O9S/c1-17-12-14-20(15-13-17)36(30,31)35-21-16-32-26(29)23(34-25(28)19-10-6-3-7-11-19)22(21)33-24(27)18-8-4-2-5-9-18/h2-15,21-23,26,29H,16H2,1H3/t21-,22-,23+,26-/m0/s1. The molecule has 1 heterocycles. The van der Waals surface area contributed by atoms with Gasteiger partial charge in [0.15, 0.2) is 18.5 Å². The molecular weight excluding hydrogens is 488 g/mol. The van der Waals surface area contributed by atoms with E-state index in [0.29, 0.717) is 0 Å². The molecular formula is C26H24O9S. The quantitative estimate of drug-likeness (QED) is 0.376. The Morgan fingerprint density at radius 2 is 1.31 bits per heavy atom. The van der Waals surface area contributed by atoms with Gasteiger partial charge in [0.1, 0.15) is 6.10 Å². The van der Waals surface area contributed by atoms with Crippen LogP contribution in [-0.4, -0.2) is 56.7 Å². The first kappa shape index (κ1) is 25.5. The van der Waals surface area contributed by atoms with Crippen molar-refractivity contribution in [3.8, 4) is 0 Å². The SMILES string of the molecule is Cc1ccc(S(=O)(=O)O[C@H]2CO[C@H](O)[C@H](OC(=O)c3ccccc3)[C@H]2OC(=O)c2ccccc2)cc1. The number of rotatable bonds is 7. The van der Waals surface area contributed by atoms with Crippen LogP contribution in [0.25, 0.3) is 0 Å². The fourth-order valence-corrected chi connectivity index (χ4v) is 4.63. The molecule has 1 aliphatic rings. The third-order valence-corrected chi connectivity index (χ3v) is 6.82. The zero-order valence-corrected chi connectivity index (χ0v) is 20.0. The number of hydrogen-bond donors (Lipinski definition) is 1. The number of carbonyl (C=O) groups excluding carboxylic acids is 2. The van der Waals surface area contributed by atoms with E-state index < -0.39 is 53.3 Å². The summed E-state index contributed by atoms with van der Waals surface area (Å²) in [6, 6.07) is 21.9. The second-order valence-corrected chi connectivity index (χ2v) is 9.67. The maximum absolute atomic E-state index is 13.0. The van der Waals surface area contributed by atoms with Gasteiger partial charge in [0.05, 0.1) is 22.6 Å². The summed E-state index contributed by atoms with van der Waals surface area (Å²) in [7, 11) is -4.32. The third kappa shape index (κ3) is 5.97. The Hall–Kier alpha value is -3.57. The molecule has 1 N–H and O–H groups in total.